The second kappa shape index (κ2) is 8.76. The molecule has 0 aromatic heterocycles. The third-order valence-electron chi connectivity index (χ3n) is 5.85. The van der Waals surface area contributed by atoms with Gasteiger partial charge in [-0.05, 0) is 54.5 Å². The van der Waals surface area contributed by atoms with Gasteiger partial charge in [0.25, 0.3) is 5.91 Å². The molecule has 2 aromatic rings. The fourth-order valence-electron chi connectivity index (χ4n) is 4.19. The molecule has 1 amide bonds. The minimum absolute atomic E-state index is 0.153. The SMILES string of the molecule is CN1NCN=C1c1ccc2c(c1)CCN(CCCCc1ccccc1CN)C2=O. The summed E-state index contributed by atoms with van der Waals surface area (Å²) in [5, 5.41) is 1.93. The molecule has 2 aliphatic rings. The summed E-state index contributed by atoms with van der Waals surface area (Å²) in [6, 6.07) is 14.4. The number of hydrazine groups is 1. The highest BCUT2D eigenvalue weighted by Gasteiger charge is 2.25. The number of nitrogens with zero attached hydrogens (tertiary/aromatic N) is 3. The molecule has 0 unspecified atom stereocenters. The van der Waals surface area contributed by atoms with Gasteiger partial charge in [0.15, 0.2) is 0 Å². The van der Waals surface area contributed by atoms with Gasteiger partial charge in [-0.25, -0.2) is 10.4 Å². The molecular weight excluding hydrogens is 362 g/mol. The van der Waals surface area contributed by atoms with Gasteiger partial charge in [0.05, 0.1) is 0 Å². The number of carbonyl (C=O) groups is 1. The lowest BCUT2D eigenvalue weighted by atomic mass is 9.95. The Morgan fingerprint density at radius 1 is 1.14 bits per heavy atom. The van der Waals surface area contributed by atoms with Crippen molar-refractivity contribution in [1.82, 2.24) is 15.3 Å². The highest BCUT2D eigenvalue weighted by Crippen LogP contribution is 2.22. The van der Waals surface area contributed by atoms with Crippen LogP contribution in [0, 0.1) is 0 Å². The standard InChI is InChI=1S/C23H29N5O/c1-27-22(25-16-26-27)19-9-10-21-18(14-19)11-13-28(23(21)29)12-5-4-7-17-6-2-3-8-20(17)15-24/h2-3,6,8-10,14,26H,4-5,7,11-13,15-16,24H2,1H3. The van der Waals surface area contributed by atoms with Crippen molar-refractivity contribution in [3.8, 4) is 0 Å². The molecule has 0 spiro atoms. The summed E-state index contributed by atoms with van der Waals surface area (Å²) >= 11 is 0. The first-order valence-electron chi connectivity index (χ1n) is 10.4. The van der Waals surface area contributed by atoms with Crippen LogP contribution in [0.1, 0.15) is 45.5 Å². The van der Waals surface area contributed by atoms with Crippen LogP contribution in [0.2, 0.25) is 0 Å². The van der Waals surface area contributed by atoms with Crippen LogP contribution in [-0.2, 0) is 19.4 Å². The van der Waals surface area contributed by atoms with E-state index in [-0.39, 0.29) is 5.91 Å². The number of nitrogens with two attached hydrogens (primary N) is 1. The number of aliphatic imine (C=N–C) groups is 1. The zero-order chi connectivity index (χ0) is 20.2. The molecule has 0 radical (unpaired) electrons. The Morgan fingerprint density at radius 3 is 2.72 bits per heavy atom. The van der Waals surface area contributed by atoms with Gasteiger partial charge in [-0.3, -0.25) is 9.80 Å². The van der Waals surface area contributed by atoms with Crippen LogP contribution >= 0.6 is 0 Å². The Morgan fingerprint density at radius 2 is 1.97 bits per heavy atom. The molecule has 4 rings (SSSR count). The van der Waals surface area contributed by atoms with Crippen molar-refractivity contribution in [2.24, 2.45) is 10.7 Å². The van der Waals surface area contributed by atoms with Gasteiger partial charge in [-0.2, -0.15) is 0 Å². The summed E-state index contributed by atoms with van der Waals surface area (Å²) in [5.74, 6) is 1.08. The van der Waals surface area contributed by atoms with Crippen molar-refractivity contribution in [2.45, 2.75) is 32.2 Å². The molecule has 152 valence electrons. The normalized spacial score (nSPS) is 16.2. The maximum atomic E-state index is 12.9. The number of rotatable bonds is 7. The van der Waals surface area contributed by atoms with E-state index in [9.17, 15) is 4.79 Å². The van der Waals surface area contributed by atoms with E-state index >= 15 is 0 Å². The van der Waals surface area contributed by atoms with Gasteiger partial charge in [0.1, 0.15) is 12.5 Å². The van der Waals surface area contributed by atoms with Crippen molar-refractivity contribution < 1.29 is 4.79 Å². The second-order valence-electron chi connectivity index (χ2n) is 7.70. The van der Waals surface area contributed by atoms with Crippen LogP contribution in [0.25, 0.3) is 0 Å². The lowest BCUT2D eigenvalue weighted by molar-refractivity contribution is 0.0737. The number of amidine groups is 1. The lowest BCUT2D eigenvalue weighted by Crippen LogP contribution is -2.38. The topological polar surface area (TPSA) is 74.0 Å². The number of amides is 1. The molecule has 6 nitrogen and oxygen atoms in total. The van der Waals surface area contributed by atoms with E-state index < -0.39 is 0 Å². The van der Waals surface area contributed by atoms with E-state index in [4.69, 9.17) is 5.73 Å². The molecule has 2 aromatic carbocycles. The molecule has 6 heteroatoms. The van der Waals surface area contributed by atoms with E-state index in [0.717, 1.165) is 61.3 Å². The summed E-state index contributed by atoms with van der Waals surface area (Å²) < 4.78 is 0. The lowest BCUT2D eigenvalue weighted by Gasteiger charge is -2.29. The molecule has 29 heavy (non-hydrogen) atoms. The van der Waals surface area contributed by atoms with Crippen molar-refractivity contribution in [2.75, 3.05) is 26.8 Å². The number of unbranched alkanes of at least 4 members (excludes halogenated alkanes) is 1. The summed E-state index contributed by atoms with van der Waals surface area (Å²) in [4.78, 5) is 19.4. The molecule has 2 heterocycles. The summed E-state index contributed by atoms with van der Waals surface area (Å²) in [5.41, 5.74) is 14.6. The molecule has 0 atom stereocenters. The van der Waals surface area contributed by atoms with Gasteiger partial charge in [-0.1, -0.05) is 30.3 Å². The predicted octanol–water partition coefficient (Wildman–Crippen LogP) is 2.32. The van der Waals surface area contributed by atoms with Gasteiger partial charge >= 0.3 is 0 Å². The minimum atomic E-state index is 0.153. The number of nitrogens with one attached hydrogen (secondary N) is 1. The molecule has 0 saturated carbocycles. The number of carbonyl (C=O) groups excluding carboxylic acids is 1. The minimum Gasteiger partial charge on any atom is -0.338 e. The Hall–Kier alpha value is -2.70. The van der Waals surface area contributed by atoms with Crippen LogP contribution in [0.4, 0.5) is 0 Å². The average Bonchev–Trinajstić information content (AvgIpc) is 3.18. The van der Waals surface area contributed by atoms with E-state index in [0.29, 0.717) is 13.2 Å². The second-order valence-corrected chi connectivity index (χ2v) is 7.70. The highest BCUT2D eigenvalue weighted by atomic mass is 16.2. The first kappa shape index (κ1) is 19.6. The first-order valence-corrected chi connectivity index (χ1v) is 10.4. The summed E-state index contributed by atoms with van der Waals surface area (Å²) in [6.07, 6.45) is 3.98. The quantitative estimate of drug-likeness (QED) is 0.711. The van der Waals surface area contributed by atoms with E-state index in [2.05, 4.69) is 34.7 Å². The molecule has 3 N–H and O–H groups in total. The molecule has 0 aliphatic carbocycles. The summed E-state index contributed by atoms with van der Waals surface area (Å²) in [6.45, 7) is 2.78. The number of aryl methyl sites for hydroxylation is 1. The molecule has 0 bridgehead atoms. The fourth-order valence-corrected chi connectivity index (χ4v) is 4.19. The third kappa shape index (κ3) is 4.18. The molecule has 2 aliphatic heterocycles. The third-order valence-corrected chi connectivity index (χ3v) is 5.85. The number of hydrogen-bond donors (Lipinski definition) is 2. The maximum Gasteiger partial charge on any atom is 0.254 e. The van der Waals surface area contributed by atoms with Crippen LogP contribution in [0.5, 0.6) is 0 Å². The molecule has 0 saturated heterocycles. The Kier molecular flexibility index (Phi) is 5.92. The van der Waals surface area contributed by atoms with Gasteiger partial charge < -0.3 is 10.6 Å². The first-order chi connectivity index (χ1) is 14.2. The number of benzene rings is 2. The number of hydrogen-bond acceptors (Lipinski definition) is 5. The zero-order valence-corrected chi connectivity index (χ0v) is 17.0. The van der Waals surface area contributed by atoms with E-state index in [1.165, 1.54) is 11.1 Å². The zero-order valence-electron chi connectivity index (χ0n) is 17.0. The largest absolute Gasteiger partial charge is 0.338 e. The van der Waals surface area contributed by atoms with Crippen LogP contribution in [0.15, 0.2) is 47.5 Å². The van der Waals surface area contributed by atoms with E-state index in [1.807, 2.05) is 35.2 Å². The Labute approximate surface area is 172 Å². The van der Waals surface area contributed by atoms with Crippen molar-refractivity contribution in [1.29, 1.82) is 0 Å². The maximum absolute atomic E-state index is 12.9. The van der Waals surface area contributed by atoms with Crippen LogP contribution in [0.3, 0.4) is 0 Å². The predicted molar refractivity (Wildman–Crippen MR) is 116 cm³/mol. The van der Waals surface area contributed by atoms with Gasteiger partial charge in [-0.15, -0.1) is 0 Å². The van der Waals surface area contributed by atoms with Gasteiger partial charge in [0, 0.05) is 37.8 Å². The average molecular weight is 392 g/mol. The fraction of sp³-hybridized carbons (Fsp3) is 0.391. The Bertz CT molecular complexity index is 923. The Balaban J connectivity index is 1.34. The summed E-state index contributed by atoms with van der Waals surface area (Å²) in [7, 11) is 1.96. The molecular formula is C23H29N5O. The van der Waals surface area contributed by atoms with Crippen molar-refractivity contribution >= 4 is 11.7 Å². The smallest absolute Gasteiger partial charge is 0.254 e. The van der Waals surface area contributed by atoms with Crippen LogP contribution < -0.4 is 11.2 Å². The van der Waals surface area contributed by atoms with Gasteiger partial charge in [0.2, 0.25) is 0 Å². The number of fused-ring (bicyclic) bond motifs is 1. The van der Waals surface area contributed by atoms with Crippen molar-refractivity contribution in [3.63, 3.8) is 0 Å². The highest BCUT2D eigenvalue weighted by molar-refractivity contribution is 6.02. The van der Waals surface area contributed by atoms with Crippen molar-refractivity contribution in [3.05, 3.63) is 70.3 Å². The monoisotopic (exact) mass is 391 g/mol. The molecule has 0 fully saturated rings. The van der Waals surface area contributed by atoms with Crippen LogP contribution in [-0.4, -0.2) is 48.5 Å². The van der Waals surface area contributed by atoms with E-state index in [1.54, 1.807) is 0 Å².